The number of piperazine rings is 1. The van der Waals surface area contributed by atoms with Crippen molar-refractivity contribution in [3.63, 3.8) is 0 Å². The first-order valence-electron chi connectivity index (χ1n) is 10.1. The molecule has 146 valence electrons. The second kappa shape index (κ2) is 7.80. The molecular formula is C24H29N3O. The van der Waals surface area contributed by atoms with Crippen LogP contribution in [0.3, 0.4) is 0 Å². The van der Waals surface area contributed by atoms with Crippen LogP contribution in [0.25, 0.3) is 10.9 Å². The molecule has 0 radical (unpaired) electrons. The lowest BCUT2D eigenvalue weighted by atomic mass is 10.1. The molecule has 1 aliphatic heterocycles. The first-order chi connectivity index (χ1) is 13.5. The van der Waals surface area contributed by atoms with Crippen LogP contribution in [0, 0.1) is 0 Å². The van der Waals surface area contributed by atoms with Gasteiger partial charge in [-0.15, -0.1) is 0 Å². The zero-order valence-corrected chi connectivity index (χ0v) is 17.1. The number of nitrogens with zero attached hydrogens (tertiary/aromatic N) is 3. The Balaban J connectivity index is 1.41. The fourth-order valence-corrected chi connectivity index (χ4v) is 3.67. The Kier molecular flexibility index (Phi) is 5.23. The largest absolute Gasteiger partial charge is 0.472 e. The summed E-state index contributed by atoms with van der Waals surface area (Å²) in [4.78, 5) is 9.66. The molecule has 4 heteroatoms. The van der Waals surface area contributed by atoms with Crippen molar-refractivity contribution in [1.82, 2.24) is 9.88 Å². The fourth-order valence-electron chi connectivity index (χ4n) is 3.67. The molecule has 28 heavy (non-hydrogen) atoms. The van der Waals surface area contributed by atoms with E-state index >= 15 is 0 Å². The Morgan fingerprint density at radius 1 is 0.893 bits per heavy atom. The minimum absolute atomic E-state index is 0.236. The fraction of sp³-hybridized carbons (Fsp3) is 0.375. The average Bonchev–Trinajstić information content (AvgIpc) is 2.68. The SMILES string of the molecule is CC(C)(C)Oc1ccc2cc(N3CCN(Cc4ccccc4)CC3)ccc2n1. The number of pyridine rings is 1. The van der Waals surface area contributed by atoms with Crippen LogP contribution in [0.2, 0.25) is 0 Å². The highest BCUT2D eigenvalue weighted by Gasteiger charge is 2.18. The van der Waals surface area contributed by atoms with Crippen LogP contribution >= 0.6 is 0 Å². The van der Waals surface area contributed by atoms with Gasteiger partial charge in [-0.2, -0.15) is 0 Å². The quantitative estimate of drug-likeness (QED) is 0.659. The van der Waals surface area contributed by atoms with Crippen molar-refractivity contribution in [2.45, 2.75) is 32.9 Å². The first-order valence-corrected chi connectivity index (χ1v) is 10.1. The van der Waals surface area contributed by atoms with E-state index in [1.807, 2.05) is 26.8 Å². The third kappa shape index (κ3) is 4.63. The Morgan fingerprint density at radius 3 is 2.36 bits per heavy atom. The third-order valence-corrected chi connectivity index (χ3v) is 5.04. The Hall–Kier alpha value is -2.59. The third-order valence-electron chi connectivity index (χ3n) is 5.04. The Labute approximate surface area is 167 Å². The van der Waals surface area contributed by atoms with Gasteiger partial charge in [-0.3, -0.25) is 4.90 Å². The van der Waals surface area contributed by atoms with Gasteiger partial charge in [-0.25, -0.2) is 4.98 Å². The van der Waals surface area contributed by atoms with Gasteiger partial charge in [0.25, 0.3) is 0 Å². The summed E-state index contributed by atoms with van der Waals surface area (Å²) in [6.07, 6.45) is 0. The summed E-state index contributed by atoms with van der Waals surface area (Å²) in [5, 5.41) is 1.16. The van der Waals surface area contributed by atoms with Gasteiger partial charge >= 0.3 is 0 Å². The molecule has 3 aromatic rings. The van der Waals surface area contributed by atoms with E-state index in [1.54, 1.807) is 0 Å². The van der Waals surface area contributed by atoms with Gasteiger partial charge in [0.15, 0.2) is 0 Å². The molecule has 0 amide bonds. The number of ether oxygens (including phenoxy) is 1. The van der Waals surface area contributed by atoms with Crippen LogP contribution in [-0.4, -0.2) is 41.7 Å². The number of aromatic nitrogens is 1. The van der Waals surface area contributed by atoms with Crippen molar-refractivity contribution in [3.05, 3.63) is 66.2 Å². The second-order valence-corrected chi connectivity index (χ2v) is 8.49. The highest BCUT2D eigenvalue weighted by atomic mass is 16.5. The van der Waals surface area contributed by atoms with Crippen LogP contribution in [0.15, 0.2) is 60.7 Å². The van der Waals surface area contributed by atoms with Crippen molar-refractivity contribution in [2.24, 2.45) is 0 Å². The molecule has 1 aromatic heterocycles. The van der Waals surface area contributed by atoms with Gasteiger partial charge in [0.2, 0.25) is 5.88 Å². The molecule has 2 aromatic carbocycles. The van der Waals surface area contributed by atoms with Crippen molar-refractivity contribution in [3.8, 4) is 5.88 Å². The molecule has 0 spiro atoms. The van der Waals surface area contributed by atoms with E-state index < -0.39 is 0 Å². The Morgan fingerprint density at radius 2 is 1.64 bits per heavy atom. The number of fused-ring (bicyclic) bond motifs is 1. The summed E-state index contributed by atoms with van der Waals surface area (Å²) in [5.74, 6) is 0.683. The number of hydrogen-bond acceptors (Lipinski definition) is 4. The van der Waals surface area contributed by atoms with Crippen LogP contribution in [0.1, 0.15) is 26.3 Å². The molecule has 1 saturated heterocycles. The number of rotatable bonds is 4. The zero-order valence-electron chi connectivity index (χ0n) is 17.1. The molecular weight excluding hydrogens is 346 g/mol. The van der Waals surface area contributed by atoms with Crippen molar-refractivity contribution in [2.75, 3.05) is 31.1 Å². The molecule has 0 bridgehead atoms. The summed E-state index contributed by atoms with van der Waals surface area (Å²) in [7, 11) is 0. The average molecular weight is 376 g/mol. The zero-order chi connectivity index (χ0) is 19.6. The molecule has 4 rings (SSSR count). The molecule has 0 atom stereocenters. The van der Waals surface area contributed by atoms with Gasteiger partial charge in [0.05, 0.1) is 5.52 Å². The summed E-state index contributed by atoms with van der Waals surface area (Å²) < 4.78 is 5.89. The topological polar surface area (TPSA) is 28.6 Å². The lowest BCUT2D eigenvalue weighted by molar-refractivity contribution is 0.124. The van der Waals surface area contributed by atoms with Gasteiger partial charge in [-0.1, -0.05) is 30.3 Å². The number of benzene rings is 2. The molecule has 0 N–H and O–H groups in total. The highest BCUT2D eigenvalue weighted by molar-refractivity contribution is 5.83. The standard InChI is InChI=1S/C24H29N3O/c1-24(2,3)28-23-12-9-20-17-21(10-11-22(20)25-23)27-15-13-26(14-16-27)18-19-7-5-4-6-8-19/h4-12,17H,13-16,18H2,1-3H3. The van der Waals surface area contributed by atoms with E-state index in [2.05, 4.69) is 69.4 Å². The van der Waals surface area contributed by atoms with Crippen LogP contribution in [0.5, 0.6) is 5.88 Å². The van der Waals surface area contributed by atoms with E-state index in [0.717, 1.165) is 43.6 Å². The van der Waals surface area contributed by atoms with E-state index in [0.29, 0.717) is 5.88 Å². The van der Waals surface area contributed by atoms with Gasteiger partial charge in [0, 0.05) is 49.9 Å². The van der Waals surface area contributed by atoms with Crippen molar-refractivity contribution in [1.29, 1.82) is 0 Å². The van der Waals surface area contributed by atoms with E-state index in [9.17, 15) is 0 Å². The lowest BCUT2D eigenvalue weighted by Gasteiger charge is -2.36. The summed E-state index contributed by atoms with van der Waals surface area (Å²) >= 11 is 0. The first kappa shape index (κ1) is 18.8. The molecule has 1 aliphatic rings. The summed E-state index contributed by atoms with van der Waals surface area (Å²) in [6.45, 7) is 11.4. The normalized spacial score (nSPS) is 15.8. The van der Waals surface area contributed by atoms with Crippen LogP contribution in [0.4, 0.5) is 5.69 Å². The van der Waals surface area contributed by atoms with E-state index in [4.69, 9.17) is 4.74 Å². The van der Waals surface area contributed by atoms with E-state index in [-0.39, 0.29) is 5.60 Å². The number of hydrogen-bond donors (Lipinski definition) is 0. The maximum atomic E-state index is 5.89. The monoisotopic (exact) mass is 375 g/mol. The van der Waals surface area contributed by atoms with E-state index in [1.165, 1.54) is 11.3 Å². The summed E-state index contributed by atoms with van der Waals surface area (Å²) in [5.41, 5.74) is 3.41. The minimum atomic E-state index is -0.236. The van der Waals surface area contributed by atoms with Gasteiger partial charge < -0.3 is 9.64 Å². The molecule has 1 fully saturated rings. The maximum absolute atomic E-state index is 5.89. The molecule has 0 unspecified atom stereocenters. The van der Waals surface area contributed by atoms with Crippen molar-refractivity contribution < 1.29 is 4.74 Å². The number of anilines is 1. The summed E-state index contributed by atoms with van der Waals surface area (Å²) in [6, 6.07) is 21.3. The smallest absolute Gasteiger partial charge is 0.214 e. The lowest BCUT2D eigenvalue weighted by Crippen LogP contribution is -2.45. The highest BCUT2D eigenvalue weighted by Crippen LogP contribution is 2.25. The maximum Gasteiger partial charge on any atom is 0.214 e. The molecule has 0 aliphatic carbocycles. The van der Waals surface area contributed by atoms with Crippen molar-refractivity contribution >= 4 is 16.6 Å². The second-order valence-electron chi connectivity index (χ2n) is 8.49. The molecule has 2 heterocycles. The molecule has 4 nitrogen and oxygen atoms in total. The van der Waals surface area contributed by atoms with Gasteiger partial charge in [0.1, 0.15) is 5.60 Å². The van der Waals surface area contributed by atoms with Gasteiger partial charge in [-0.05, 0) is 50.6 Å². The Bertz CT molecular complexity index is 925. The minimum Gasteiger partial charge on any atom is -0.472 e. The predicted octanol–water partition coefficient (Wildman–Crippen LogP) is 4.73. The molecule has 0 saturated carbocycles. The van der Waals surface area contributed by atoms with Crippen LogP contribution < -0.4 is 9.64 Å². The van der Waals surface area contributed by atoms with Crippen LogP contribution in [-0.2, 0) is 6.54 Å². The predicted molar refractivity (Wildman–Crippen MR) is 116 cm³/mol.